The van der Waals surface area contributed by atoms with Gasteiger partial charge in [-0.15, -0.1) is 11.3 Å². The van der Waals surface area contributed by atoms with Crippen molar-refractivity contribution >= 4 is 17.2 Å². The van der Waals surface area contributed by atoms with E-state index in [2.05, 4.69) is 19.1 Å². The summed E-state index contributed by atoms with van der Waals surface area (Å²) >= 11 is 1.76. The molecule has 1 aliphatic carbocycles. The smallest absolute Gasteiger partial charge is 0.222 e. The first-order valence-electron chi connectivity index (χ1n) is 6.61. The van der Waals surface area contributed by atoms with E-state index in [1.165, 1.54) is 16.2 Å². The van der Waals surface area contributed by atoms with Crippen LogP contribution in [0.15, 0.2) is 12.1 Å². The van der Waals surface area contributed by atoms with Crippen molar-refractivity contribution < 1.29 is 4.79 Å². The van der Waals surface area contributed by atoms with E-state index in [4.69, 9.17) is 5.73 Å². The monoisotopic (exact) mass is 266 g/mol. The Morgan fingerprint density at radius 2 is 2.28 bits per heavy atom. The average Bonchev–Trinajstić information content (AvgIpc) is 2.89. The molecule has 0 bridgehead atoms. The Kier molecular flexibility index (Phi) is 4.40. The van der Waals surface area contributed by atoms with Crippen LogP contribution in [-0.2, 0) is 11.3 Å². The maximum Gasteiger partial charge on any atom is 0.222 e. The van der Waals surface area contributed by atoms with Gasteiger partial charge in [0.2, 0.25) is 5.91 Å². The van der Waals surface area contributed by atoms with E-state index in [1.54, 1.807) is 11.3 Å². The molecule has 2 atom stereocenters. The van der Waals surface area contributed by atoms with Gasteiger partial charge in [-0.05, 0) is 37.8 Å². The Hall–Kier alpha value is -0.870. The molecule has 1 aromatic heterocycles. The van der Waals surface area contributed by atoms with Crippen molar-refractivity contribution in [1.82, 2.24) is 4.90 Å². The first-order valence-corrected chi connectivity index (χ1v) is 7.43. The van der Waals surface area contributed by atoms with Crippen LogP contribution in [0.5, 0.6) is 0 Å². The fourth-order valence-electron chi connectivity index (χ4n) is 2.59. The first-order chi connectivity index (χ1) is 8.56. The summed E-state index contributed by atoms with van der Waals surface area (Å²) in [6.45, 7) is 2.81. The van der Waals surface area contributed by atoms with E-state index >= 15 is 0 Å². The summed E-state index contributed by atoms with van der Waals surface area (Å²) in [6, 6.07) is 4.43. The number of rotatable bonds is 4. The van der Waals surface area contributed by atoms with Crippen LogP contribution in [0.3, 0.4) is 0 Å². The first kappa shape index (κ1) is 13.6. The predicted octanol–water partition coefficient (Wildman–Crippen LogP) is 2.53. The number of hydrogen-bond acceptors (Lipinski definition) is 3. The van der Waals surface area contributed by atoms with Crippen LogP contribution in [0.2, 0.25) is 0 Å². The fourth-order valence-corrected chi connectivity index (χ4v) is 3.54. The summed E-state index contributed by atoms with van der Waals surface area (Å²) in [7, 11) is 1.89. The molecule has 1 heterocycles. The fraction of sp³-hybridized carbons (Fsp3) is 0.643. The second-order valence-electron chi connectivity index (χ2n) is 5.32. The SMILES string of the molecule is Cc1ccc(CN(C)C(=O)C[C@@H]2CCC[C@H]2N)s1. The van der Waals surface area contributed by atoms with Crippen molar-refractivity contribution in [3.05, 3.63) is 21.9 Å². The van der Waals surface area contributed by atoms with Gasteiger partial charge in [-0.1, -0.05) is 6.42 Å². The number of nitrogens with two attached hydrogens (primary N) is 1. The van der Waals surface area contributed by atoms with Gasteiger partial charge in [0, 0.05) is 29.3 Å². The molecule has 1 fully saturated rings. The van der Waals surface area contributed by atoms with Crippen LogP contribution in [0.25, 0.3) is 0 Å². The summed E-state index contributed by atoms with van der Waals surface area (Å²) in [5, 5.41) is 0. The van der Waals surface area contributed by atoms with Gasteiger partial charge in [0.05, 0.1) is 6.54 Å². The van der Waals surface area contributed by atoms with Gasteiger partial charge in [-0.25, -0.2) is 0 Å². The van der Waals surface area contributed by atoms with Crippen molar-refractivity contribution in [2.45, 2.75) is 45.2 Å². The highest BCUT2D eigenvalue weighted by Gasteiger charge is 2.27. The van der Waals surface area contributed by atoms with Crippen molar-refractivity contribution in [2.24, 2.45) is 11.7 Å². The normalized spacial score (nSPS) is 23.3. The van der Waals surface area contributed by atoms with Crippen LogP contribution in [-0.4, -0.2) is 23.9 Å². The molecule has 0 aromatic carbocycles. The number of thiophene rings is 1. The van der Waals surface area contributed by atoms with Crippen LogP contribution < -0.4 is 5.73 Å². The number of carbonyl (C=O) groups excluding carboxylic acids is 1. The molecule has 1 aromatic rings. The lowest BCUT2D eigenvalue weighted by Crippen LogP contribution is -2.32. The molecule has 0 radical (unpaired) electrons. The van der Waals surface area contributed by atoms with Crippen LogP contribution >= 0.6 is 11.3 Å². The third-order valence-electron chi connectivity index (χ3n) is 3.77. The van der Waals surface area contributed by atoms with Crippen LogP contribution in [0, 0.1) is 12.8 Å². The standard InChI is InChI=1S/C14H22N2OS/c1-10-6-7-12(18-10)9-16(2)14(17)8-11-4-3-5-13(11)15/h6-7,11,13H,3-5,8-9,15H2,1-2H3/t11-,13+/m0/s1. The average molecular weight is 266 g/mol. The maximum absolute atomic E-state index is 12.1. The lowest BCUT2D eigenvalue weighted by atomic mass is 9.99. The largest absolute Gasteiger partial charge is 0.341 e. The molecule has 1 amide bonds. The second kappa shape index (κ2) is 5.85. The van der Waals surface area contributed by atoms with Gasteiger partial charge in [-0.3, -0.25) is 4.79 Å². The van der Waals surface area contributed by atoms with Crippen LogP contribution in [0.1, 0.15) is 35.4 Å². The van der Waals surface area contributed by atoms with Gasteiger partial charge < -0.3 is 10.6 Å². The lowest BCUT2D eigenvalue weighted by molar-refractivity contribution is -0.131. The van der Waals surface area contributed by atoms with E-state index in [9.17, 15) is 4.79 Å². The minimum atomic E-state index is 0.225. The Labute approximate surface area is 113 Å². The number of nitrogens with zero attached hydrogens (tertiary/aromatic N) is 1. The molecule has 4 heteroatoms. The molecular weight excluding hydrogens is 244 g/mol. The molecule has 18 heavy (non-hydrogen) atoms. The highest BCUT2D eigenvalue weighted by atomic mass is 32.1. The maximum atomic E-state index is 12.1. The molecule has 0 aliphatic heterocycles. The predicted molar refractivity (Wildman–Crippen MR) is 75.5 cm³/mol. The zero-order valence-corrected chi connectivity index (χ0v) is 12.0. The minimum Gasteiger partial charge on any atom is -0.341 e. The topological polar surface area (TPSA) is 46.3 Å². The minimum absolute atomic E-state index is 0.225. The number of aryl methyl sites for hydroxylation is 1. The van der Waals surface area contributed by atoms with E-state index in [0.29, 0.717) is 12.3 Å². The Morgan fingerprint density at radius 1 is 1.50 bits per heavy atom. The van der Waals surface area contributed by atoms with Gasteiger partial charge in [0.25, 0.3) is 0 Å². The second-order valence-corrected chi connectivity index (χ2v) is 6.69. The summed E-state index contributed by atoms with van der Waals surface area (Å²) in [5.74, 6) is 0.619. The van der Waals surface area contributed by atoms with Crippen molar-refractivity contribution in [2.75, 3.05) is 7.05 Å². The Morgan fingerprint density at radius 3 is 2.83 bits per heavy atom. The highest BCUT2D eigenvalue weighted by Crippen LogP contribution is 2.27. The zero-order chi connectivity index (χ0) is 13.1. The van der Waals surface area contributed by atoms with Gasteiger partial charge in [0.15, 0.2) is 0 Å². The number of amides is 1. The molecule has 0 unspecified atom stereocenters. The van der Waals surface area contributed by atoms with Gasteiger partial charge >= 0.3 is 0 Å². The Bertz CT molecular complexity index is 416. The number of carbonyl (C=O) groups is 1. The number of hydrogen-bond donors (Lipinski definition) is 1. The molecule has 0 spiro atoms. The molecule has 1 aliphatic rings. The van der Waals surface area contributed by atoms with Crippen molar-refractivity contribution in [1.29, 1.82) is 0 Å². The molecule has 1 saturated carbocycles. The summed E-state index contributed by atoms with van der Waals surface area (Å²) < 4.78 is 0. The van der Waals surface area contributed by atoms with Crippen molar-refractivity contribution in [3.63, 3.8) is 0 Å². The zero-order valence-electron chi connectivity index (χ0n) is 11.2. The molecule has 100 valence electrons. The van der Waals surface area contributed by atoms with E-state index < -0.39 is 0 Å². The Balaban J connectivity index is 1.84. The quantitative estimate of drug-likeness (QED) is 0.910. The van der Waals surface area contributed by atoms with Gasteiger partial charge in [0.1, 0.15) is 0 Å². The molecular formula is C14H22N2OS. The van der Waals surface area contributed by atoms with Crippen LogP contribution in [0.4, 0.5) is 0 Å². The summed E-state index contributed by atoms with van der Waals surface area (Å²) in [5.41, 5.74) is 6.01. The summed E-state index contributed by atoms with van der Waals surface area (Å²) in [4.78, 5) is 16.5. The molecule has 2 N–H and O–H groups in total. The molecule has 2 rings (SSSR count). The lowest BCUT2D eigenvalue weighted by Gasteiger charge is -2.20. The molecule has 0 saturated heterocycles. The van der Waals surface area contributed by atoms with E-state index in [-0.39, 0.29) is 11.9 Å². The van der Waals surface area contributed by atoms with E-state index in [1.807, 2.05) is 11.9 Å². The highest BCUT2D eigenvalue weighted by molar-refractivity contribution is 7.11. The van der Waals surface area contributed by atoms with E-state index in [0.717, 1.165) is 19.4 Å². The molecule has 3 nitrogen and oxygen atoms in total. The van der Waals surface area contributed by atoms with Crippen molar-refractivity contribution in [3.8, 4) is 0 Å². The third kappa shape index (κ3) is 3.33. The third-order valence-corrected chi connectivity index (χ3v) is 4.75. The van der Waals surface area contributed by atoms with Gasteiger partial charge in [-0.2, -0.15) is 0 Å². The summed E-state index contributed by atoms with van der Waals surface area (Å²) in [6.07, 6.45) is 3.97.